The molecule has 1 fully saturated rings. The smallest absolute Gasteiger partial charge is 0.133 e. The summed E-state index contributed by atoms with van der Waals surface area (Å²) in [7, 11) is 0. The third-order valence-corrected chi connectivity index (χ3v) is 4.66. The van der Waals surface area contributed by atoms with Crippen LogP contribution in [0, 0.1) is 5.82 Å². The molecule has 5 heteroatoms. The van der Waals surface area contributed by atoms with E-state index in [0.717, 1.165) is 36.6 Å². The monoisotopic (exact) mass is 292 g/mol. The predicted molar refractivity (Wildman–Crippen MR) is 78.0 cm³/mol. The Bertz CT molecular complexity index is 587. The molecule has 3 nitrogen and oxygen atoms in total. The first-order chi connectivity index (χ1) is 9.78. The van der Waals surface area contributed by atoms with E-state index in [2.05, 4.69) is 9.88 Å². The highest BCUT2D eigenvalue weighted by Crippen LogP contribution is 2.27. The largest absolute Gasteiger partial charge is 0.395 e. The SMILES string of the molecule is OC[C@H]1CCCN1Cc1csc(-c2ccccc2F)n1. The van der Waals surface area contributed by atoms with Gasteiger partial charge in [0.15, 0.2) is 0 Å². The second-order valence-electron chi connectivity index (χ2n) is 5.07. The number of benzene rings is 1. The van der Waals surface area contributed by atoms with Crippen molar-refractivity contribution in [3.63, 3.8) is 0 Å². The summed E-state index contributed by atoms with van der Waals surface area (Å²) in [6, 6.07) is 6.96. The van der Waals surface area contributed by atoms with E-state index < -0.39 is 0 Å². The molecule has 0 saturated carbocycles. The number of nitrogens with zero attached hydrogens (tertiary/aromatic N) is 2. The van der Waals surface area contributed by atoms with Crippen LogP contribution in [0.2, 0.25) is 0 Å². The fraction of sp³-hybridized carbons (Fsp3) is 0.400. The van der Waals surface area contributed by atoms with Crippen molar-refractivity contribution in [3.8, 4) is 10.6 Å². The van der Waals surface area contributed by atoms with Crippen LogP contribution in [0.1, 0.15) is 18.5 Å². The highest BCUT2D eigenvalue weighted by molar-refractivity contribution is 7.13. The van der Waals surface area contributed by atoms with E-state index in [0.29, 0.717) is 5.56 Å². The van der Waals surface area contributed by atoms with Crippen LogP contribution in [0.3, 0.4) is 0 Å². The molecule has 3 rings (SSSR count). The second-order valence-corrected chi connectivity index (χ2v) is 5.93. The number of thiazole rings is 1. The van der Waals surface area contributed by atoms with Gasteiger partial charge in [0, 0.05) is 23.5 Å². The Morgan fingerprint density at radius 1 is 1.40 bits per heavy atom. The summed E-state index contributed by atoms with van der Waals surface area (Å²) in [5.74, 6) is -0.234. The molecule has 0 unspecified atom stereocenters. The third-order valence-electron chi connectivity index (χ3n) is 3.73. The van der Waals surface area contributed by atoms with Gasteiger partial charge in [-0.3, -0.25) is 4.90 Å². The minimum atomic E-state index is -0.234. The van der Waals surface area contributed by atoms with Gasteiger partial charge in [0.1, 0.15) is 10.8 Å². The van der Waals surface area contributed by atoms with Crippen molar-refractivity contribution in [1.82, 2.24) is 9.88 Å². The molecule has 0 radical (unpaired) electrons. The van der Waals surface area contributed by atoms with Crippen LogP contribution in [0.25, 0.3) is 10.6 Å². The lowest BCUT2D eigenvalue weighted by molar-refractivity contribution is 0.152. The van der Waals surface area contributed by atoms with Crippen LogP contribution in [0.5, 0.6) is 0 Å². The lowest BCUT2D eigenvalue weighted by atomic mass is 10.2. The van der Waals surface area contributed by atoms with E-state index in [9.17, 15) is 9.50 Å². The lowest BCUT2D eigenvalue weighted by Gasteiger charge is -2.21. The van der Waals surface area contributed by atoms with Crippen molar-refractivity contribution in [3.05, 3.63) is 41.2 Å². The average molecular weight is 292 g/mol. The fourth-order valence-corrected chi connectivity index (χ4v) is 3.49. The normalized spacial score (nSPS) is 19.6. The zero-order valence-corrected chi connectivity index (χ0v) is 11.9. The average Bonchev–Trinajstić information content (AvgIpc) is 3.09. The molecule has 2 aromatic rings. The van der Waals surface area contributed by atoms with Crippen molar-refractivity contribution in [1.29, 1.82) is 0 Å². The van der Waals surface area contributed by atoms with E-state index in [-0.39, 0.29) is 18.5 Å². The maximum absolute atomic E-state index is 13.7. The maximum Gasteiger partial charge on any atom is 0.133 e. The van der Waals surface area contributed by atoms with Gasteiger partial charge < -0.3 is 5.11 Å². The number of halogens is 1. The van der Waals surface area contributed by atoms with Gasteiger partial charge in [-0.05, 0) is 31.5 Å². The Kier molecular flexibility index (Phi) is 4.10. The van der Waals surface area contributed by atoms with Crippen molar-refractivity contribution in [2.24, 2.45) is 0 Å². The van der Waals surface area contributed by atoms with Gasteiger partial charge in [-0.15, -0.1) is 11.3 Å². The van der Waals surface area contributed by atoms with Gasteiger partial charge in [-0.25, -0.2) is 9.37 Å². The molecule has 1 aromatic heterocycles. The van der Waals surface area contributed by atoms with Crippen LogP contribution < -0.4 is 0 Å². The van der Waals surface area contributed by atoms with Crippen LogP contribution in [-0.2, 0) is 6.54 Å². The molecule has 1 aromatic carbocycles. The number of aliphatic hydroxyl groups excluding tert-OH is 1. The Hall–Kier alpha value is -1.30. The van der Waals surface area contributed by atoms with Crippen molar-refractivity contribution < 1.29 is 9.50 Å². The molecule has 106 valence electrons. The van der Waals surface area contributed by atoms with Crippen molar-refractivity contribution >= 4 is 11.3 Å². The molecule has 0 bridgehead atoms. The zero-order chi connectivity index (χ0) is 13.9. The maximum atomic E-state index is 13.7. The standard InChI is InChI=1S/C15H17FN2OS/c16-14-6-2-1-5-13(14)15-17-11(10-20-15)8-18-7-3-4-12(18)9-19/h1-2,5-6,10,12,19H,3-4,7-9H2/t12-/m1/s1. The van der Waals surface area contributed by atoms with Gasteiger partial charge in [-0.2, -0.15) is 0 Å². The van der Waals surface area contributed by atoms with E-state index in [4.69, 9.17) is 0 Å². The molecule has 0 aliphatic carbocycles. The molecule has 0 spiro atoms. The molecule has 1 saturated heterocycles. The summed E-state index contributed by atoms with van der Waals surface area (Å²) in [5.41, 5.74) is 1.51. The van der Waals surface area contributed by atoms with E-state index >= 15 is 0 Å². The second kappa shape index (κ2) is 5.99. The van der Waals surface area contributed by atoms with Crippen LogP contribution in [0.15, 0.2) is 29.6 Å². The molecular formula is C15H17FN2OS. The van der Waals surface area contributed by atoms with Crippen LogP contribution in [0.4, 0.5) is 4.39 Å². The number of aromatic nitrogens is 1. The third kappa shape index (κ3) is 2.75. The molecule has 2 heterocycles. The minimum Gasteiger partial charge on any atom is -0.395 e. The number of hydrogen-bond acceptors (Lipinski definition) is 4. The molecule has 1 aliphatic heterocycles. The molecule has 1 aliphatic rings. The Labute approximate surface area is 121 Å². The number of rotatable bonds is 4. The summed E-state index contributed by atoms with van der Waals surface area (Å²) >= 11 is 1.47. The van der Waals surface area contributed by atoms with Crippen molar-refractivity contribution in [2.75, 3.05) is 13.2 Å². The minimum absolute atomic E-state index is 0.199. The number of likely N-dealkylation sites (tertiary alicyclic amines) is 1. The predicted octanol–water partition coefficient (Wildman–Crippen LogP) is 2.91. The first-order valence-corrected chi connectivity index (χ1v) is 7.70. The number of hydrogen-bond donors (Lipinski definition) is 1. The van der Waals surface area contributed by atoms with Gasteiger partial charge in [-0.1, -0.05) is 12.1 Å². The summed E-state index contributed by atoms with van der Waals surface area (Å²) < 4.78 is 13.7. The highest BCUT2D eigenvalue weighted by Gasteiger charge is 2.24. The highest BCUT2D eigenvalue weighted by atomic mass is 32.1. The van der Waals surface area contributed by atoms with Gasteiger partial charge >= 0.3 is 0 Å². The summed E-state index contributed by atoms with van der Waals surface area (Å²) in [4.78, 5) is 6.78. The molecule has 1 N–H and O–H groups in total. The van der Waals surface area contributed by atoms with E-state index in [1.54, 1.807) is 12.1 Å². The van der Waals surface area contributed by atoms with Gasteiger partial charge in [0.05, 0.1) is 12.3 Å². The Morgan fingerprint density at radius 3 is 3.05 bits per heavy atom. The van der Waals surface area contributed by atoms with E-state index in [1.807, 2.05) is 11.4 Å². The fourth-order valence-electron chi connectivity index (χ4n) is 2.66. The summed E-state index contributed by atoms with van der Waals surface area (Å²) in [6.07, 6.45) is 2.16. The quantitative estimate of drug-likeness (QED) is 0.941. The van der Waals surface area contributed by atoms with Crippen LogP contribution in [-0.4, -0.2) is 34.2 Å². The zero-order valence-electron chi connectivity index (χ0n) is 11.1. The first-order valence-electron chi connectivity index (χ1n) is 6.82. The molecule has 20 heavy (non-hydrogen) atoms. The topological polar surface area (TPSA) is 36.4 Å². The van der Waals surface area contributed by atoms with Crippen molar-refractivity contribution in [2.45, 2.75) is 25.4 Å². The van der Waals surface area contributed by atoms with Gasteiger partial charge in [0.2, 0.25) is 0 Å². The first kappa shape index (κ1) is 13.7. The van der Waals surface area contributed by atoms with Crippen LogP contribution >= 0.6 is 11.3 Å². The van der Waals surface area contributed by atoms with Gasteiger partial charge in [0.25, 0.3) is 0 Å². The molecule has 0 amide bonds. The molecule has 1 atom stereocenters. The molecular weight excluding hydrogens is 275 g/mol. The summed E-state index contributed by atoms with van der Waals surface area (Å²) in [5, 5.41) is 12.0. The Balaban J connectivity index is 1.76. The Morgan fingerprint density at radius 2 is 2.25 bits per heavy atom. The number of aliphatic hydroxyl groups is 1. The lowest BCUT2D eigenvalue weighted by Crippen LogP contribution is -2.31. The van der Waals surface area contributed by atoms with E-state index in [1.165, 1.54) is 17.4 Å². The summed E-state index contributed by atoms with van der Waals surface area (Å²) in [6.45, 7) is 1.93.